The van der Waals surface area contributed by atoms with E-state index < -0.39 is 0 Å². The molecule has 1 aliphatic rings. The van der Waals surface area contributed by atoms with Gasteiger partial charge in [-0.15, -0.1) is 8.58 Å². The maximum absolute atomic E-state index is 8.57. The Bertz CT molecular complexity index is 50.0. The Kier molecular flexibility index (Phi) is 2.08. The summed E-state index contributed by atoms with van der Waals surface area (Å²) in [5.41, 5.74) is 0.681. The van der Waals surface area contributed by atoms with Crippen molar-refractivity contribution >= 4 is 8.58 Å². The zero-order valence-electron chi connectivity index (χ0n) is 4.35. The van der Waals surface area contributed by atoms with Crippen molar-refractivity contribution in [1.29, 1.82) is 0 Å². The van der Waals surface area contributed by atoms with E-state index in [1.54, 1.807) is 0 Å². The highest BCUT2D eigenvalue weighted by molar-refractivity contribution is 7.39. The molecular formula is C5H11OP. The Labute approximate surface area is 45.9 Å². The molecule has 2 atom stereocenters. The van der Waals surface area contributed by atoms with Crippen molar-refractivity contribution in [2.45, 2.75) is 18.5 Å². The third-order valence-electron chi connectivity index (χ3n) is 1.38. The number of aliphatic hydroxyl groups excluding tert-OH is 1. The number of rotatable bonds is 1. The third kappa shape index (κ3) is 1.40. The molecule has 0 saturated carbocycles. The fraction of sp³-hybridized carbons (Fsp3) is 1.00. The molecule has 2 unspecified atom stereocenters. The van der Waals surface area contributed by atoms with Crippen LogP contribution in [0.3, 0.4) is 0 Å². The molecule has 1 rings (SSSR count). The SMILES string of the molecule is OCC1CCCP1. The first-order chi connectivity index (χ1) is 3.43. The minimum Gasteiger partial charge on any atom is -0.396 e. The Hall–Kier alpha value is 0.390. The normalized spacial score (nSPS) is 34.7. The second-order valence-electron chi connectivity index (χ2n) is 1.98. The lowest BCUT2D eigenvalue weighted by molar-refractivity contribution is 0.292. The number of aliphatic hydroxyl groups is 1. The first-order valence-corrected chi connectivity index (χ1v) is 4.06. The second-order valence-corrected chi connectivity index (χ2v) is 3.70. The van der Waals surface area contributed by atoms with Crippen molar-refractivity contribution < 1.29 is 5.11 Å². The summed E-state index contributed by atoms with van der Waals surface area (Å²) >= 11 is 0. The Morgan fingerprint density at radius 2 is 2.57 bits per heavy atom. The largest absolute Gasteiger partial charge is 0.396 e. The van der Waals surface area contributed by atoms with Crippen LogP contribution in [0, 0.1) is 0 Å². The maximum Gasteiger partial charge on any atom is 0.0496 e. The zero-order valence-corrected chi connectivity index (χ0v) is 5.35. The van der Waals surface area contributed by atoms with Crippen LogP contribution < -0.4 is 0 Å². The lowest BCUT2D eigenvalue weighted by Gasteiger charge is -1.99. The van der Waals surface area contributed by atoms with E-state index in [9.17, 15) is 0 Å². The van der Waals surface area contributed by atoms with Crippen LogP contribution in [0.5, 0.6) is 0 Å². The van der Waals surface area contributed by atoms with E-state index in [4.69, 9.17) is 5.11 Å². The molecule has 0 aromatic heterocycles. The molecule has 0 amide bonds. The lowest BCUT2D eigenvalue weighted by atomic mass is 10.3. The standard InChI is InChI=1S/C5H11OP/c6-4-5-2-1-3-7-5/h5-7H,1-4H2. The molecule has 0 aliphatic carbocycles. The van der Waals surface area contributed by atoms with E-state index in [1.165, 1.54) is 19.0 Å². The Balaban J connectivity index is 2.14. The fourth-order valence-electron chi connectivity index (χ4n) is 0.913. The third-order valence-corrected chi connectivity index (χ3v) is 3.07. The van der Waals surface area contributed by atoms with E-state index in [2.05, 4.69) is 0 Å². The fourth-order valence-corrected chi connectivity index (χ4v) is 2.27. The van der Waals surface area contributed by atoms with Crippen molar-refractivity contribution in [3.63, 3.8) is 0 Å². The first kappa shape index (κ1) is 5.53. The quantitative estimate of drug-likeness (QED) is 0.505. The van der Waals surface area contributed by atoms with Gasteiger partial charge in [-0.3, -0.25) is 0 Å². The van der Waals surface area contributed by atoms with E-state index >= 15 is 0 Å². The average molecular weight is 118 g/mol. The minimum absolute atomic E-state index is 0.429. The van der Waals surface area contributed by atoms with Crippen LogP contribution in [0.2, 0.25) is 0 Å². The van der Waals surface area contributed by atoms with Crippen LogP contribution in [0.1, 0.15) is 12.8 Å². The maximum atomic E-state index is 8.57. The topological polar surface area (TPSA) is 20.2 Å². The molecule has 1 heterocycles. The molecule has 1 nitrogen and oxygen atoms in total. The van der Waals surface area contributed by atoms with Crippen molar-refractivity contribution in [3.8, 4) is 0 Å². The summed E-state index contributed by atoms with van der Waals surface area (Å²) in [7, 11) is 1.05. The van der Waals surface area contributed by atoms with Crippen LogP contribution >= 0.6 is 8.58 Å². The van der Waals surface area contributed by atoms with Gasteiger partial charge in [0.2, 0.25) is 0 Å². The summed E-state index contributed by atoms with van der Waals surface area (Å²) in [6.07, 6.45) is 3.99. The highest BCUT2D eigenvalue weighted by atomic mass is 31.1. The molecule has 2 heteroatoms. The Morgan fingerprint density at radius 3 is 2.86 bits per heavy atom. The molecule has 0 spiro atoms. The molecule has 1 saturated heterocycles. The lowest BCUT2D eigenvalue weighted by Crippen LogP contribution is -1.99. The molecule has 7 heavy (non-hydrogen) atoms. The molecule has 0 radical (unpaired) electrons. The molecule has 0 aromatic rings. The van der Waals surface area contributed by atoms with Gasteiger partial charge in [-0.1, -0.05) is 0 Å². The summed E-state index contributed by atoms with van der Waals surface area (Å²) in [6.45, 7) is 0.429. The predicted molar refractivity (Wildman–Crippen MR) is 33.3 cm³/mol. The molecular weight excluding hydrogens is 107 g/mol. The van der Waals surface area contributed by atoms with Crippen LogP contribution in [0.25, 0.3) is 0 Å². The van der Waals surface area contributed by atoms with Gasteiger partial charge in [0, 0.05) is 6.61 Å². The van der Waals surface area contributed by atoms with Crippen molar-refractivity contribution in [2.24, 2.45) is 0 Å². The Morgan fingerprint density at radius 1 is 1.71 bits per heavy atom. The minimum atomic E-state index is 0.429. The smallest absolute Gasteiger partial charge is 0.0496 e. The predicted octanol–water partition coefficient (Wildman–Crippen LogP) is 0.820. The van der Waals surface area contributed by atoms with Crippen molar-refractivity contribution in [2.75, 3.05) is 12.8 Å². The van der Waals surface area contributed by atoms with Gasteiger partial charge in [-0.2, -0.15) is 0 Å². The van der Waals surface area contributed by atoms with Crippen LogP contribution in [0.15, 0.2) is 0 Å². The molecule has 0 bridgehead atoms. The molecule has 1 N–H and O–H groups in total. The van der Waals surface area contributed by atoms with Gasteiger partial charge in [0.15, 0.2) is 0 Å². The van der Waals surface area contributed by atoms with Crippen molar-refractivity contribution in [1.82, 2.24) is 0 Å². The number of hydrogen-bond donors (Lipinski definition) is 1. The van der Waals surface area contributed by atoms with Gasteiger partial charge in [-0.05, 0) is 24.7 Å². The summed E-state index contributed by atoms with van der Waals surface area (Å²) in [5.74, 6) is 0. The van der Waals surface area contributed by atoms with E-state index in [0.717, 1.165) is 8.58 Å². The van der Waals surface area contributed by atoms with E-state index in [0.29, 0.717) is 12.3 Å². The summed E-state index contributed by atoms with van der Waals surface area (Å²) < 4.78 is 0. The van der Waals surface area contributed by atoms with Gasteiger partial charge in [0.1, 0.15) is 0 Å². The van der Waals surface area contributed by atoms with Crippen LogP contribution in [-0.4, -0.2) is 23.5 Å². The van der Waals surface area contributed by atoms with Gasteiger partial charge in [-0.25, -0.2) is 0 Å². The zero-order chi connectivity index (χ0) is 5.11. The number of hydrogen-bond acceptors (Lipinski definition) is 1. The van der Waals surface area contributed by atoms with E-state index in [1.807, 2.05) is 0 Å². The molecule has 42 valence electrons. The molecule has 1 fully saturated rings. The van der Waals surface area contributed by atoms with Gasteiger partial charge >= 0.3 is 0 Å². The summed E-state index contributed by atoms with van der Waals surface area (Å²) in [4.78, 5) is 0. The summed E-state index contributed by atoms with van der Waals surface area (Å²) in [5, 5.41) is 8.57. The van der Waals surface area contributed by atoms with Crippen LogP contribution in [0.4, 0.5) is 0 Å². The second kappa shape index (κ2) is 2.64. The summed E-state index contributed by atoms with van der Waals surface area (Å²) in [6, 6.07) is 0. The van der Waals surface area contributed by atoms with Crippen LogP contribution in [-0.2, 0) is 0 Å². The van der Waals surface area contributed by atoms with Gasteiger partial charge in [0.05, 0.1) is 0 Å². The van der Waals surface area contributed by atoms with E-state index in [-0.39, 0.29) is 0 Å². The average Bonchev–Trinajstić information content (AvgIpc) is 2.14. The van der Waals surface area contributed by atoms with Gasteiger partial charge in [0.25, 0.3) is 0 Å². The van der Waals surface area contributed by atoms with Gasteiger partial charge < -0.3 is 5.11 Å². The molecule has 1 aliphatic heterocycles. The highest BCUT2D eigenvalue weighted by Gasteiger charge is 2.11. The molecule has 0 aromatic carbocycles. The van der Waals surface area contributed by atoms with Crippen molar-refractivity contribution in [3.05, 3.63) is 0 Å². The highest BCUT2D eigenvalue weighted by Crippen LogP contribution is 2.31. The first-order valence-electron chi connectivity index (χ1n) is 2.77. The monoisotopic (exact) mass is 118 g/mol.